The fourth-order valence-electron chi connectivity index (χ4n) is 4.08. The zero-order chi connectivity index (χ0) is 30.3. The van der Waals surface area contributed by atoms with Crippen LogP contribution in [0.2, 0.25) is 0 Å². The van der Waals surface area contributed by atoms with E-state index in [0.29, 0.717) is 29.2 Å². The summed E-state index contributed by atoms with van der Waals surface area (Å²) in [5.41, 5.74) is -6.54. The van der Waals surface area contributed by atoms with E-state index in [1.54, 1.807) is 5.10 Å². The van der Waals surface area contributed by atoms with E-state index in [2.05, 4.69) is 20.4 Å². The number of hydrogen-bond donors (Lipinski definition) is 2. The van der Waals surface area contributed by atoms with Crippen LogP contribution in [0, 0.1) is 5.82 Å². The van der Waals surface area contributed by atoms with Gasteiger partial charge < -0.3 is 9.88 Å². The van der Waals surface area contributed by atoms with Crippen LogP contribution >= 0.6 is 0 Å². The molecule has 41 heavy (non-hydrogen) atoms. The van der Waals surface area contributed by atoms with Crippen molar-refractivity contribution >= 4 is 16.5 Å². The van der Waals surface area contributed by atoms with Gasteiger partial charge >= 0.3 is 12.4 Å². The molecule has 0 aliphatic rings. The summed E-state index contributed by atoms with van der Waals surface area (Å²) in [4.78, 5) is 31.4. The summed E-state index contributed by atoms with van der Waals surface area (Å²) in [7, 11) is 0. The zero-order valence-electron chi connectivity index (χ0n) is 20.5. The van der Waals surface area contributed by atoms with Gasteiger partial charge in [-0.15, -0.1) is 0 Å². The van der Waals surface area contributed by atoms with Gasteiger partial charge in [0.1, 0.15) is 11.4 Å². The molecule has 17 heteroatoms. The van der Waals surface area contributed by atoms with Crippen LogP contribution in [0.25, 0.3) is 22.2 Å². The number of pyridine rings is 1. The lowest BCUT2D eigenvalue weighted by Crippen LogP contribution is -2.36. The molecule has 1 aromatic carbocycles. The second kappa shape index (κ2) is 10.5. The highest BCUT2D eigenvalue weighted by atomic mass is 19.4. The SMILES string of the molecule is C[C@@H](CC(F)(F)Cn1ccc2cc(-c3ncc(C(F)(F)F)cn3)c(F)cc2c1=O)Nc1cn[nH]c(=O)c1C(F)(F)F. The van der Waals surface area contributed by atoms with Crippen LogP contribution in [0.4, 0.5) is 45.2 Å². The molecule has 8 nitrogen and oxygen atoms in total. The number of hydrogen-bond acceptors (Lipinski definition) is 6. The zero-order valence-corrected chi connectivity index (χ0v) is 20.5. The Morgan fingerprint density at radius 3 is 2.24 bits per heavy atom. The summed E-state index contributed by atoms with van der Waals surface area (Å²) in [5.74, 6) is -5.16. The molecule has 3 aromatic heterocycles. The Balaban J connectivity index is 1.56. The molecule has 0 aliphatic heterocycles. The number of alkyl halides is 8. The van der Waals surface area contributed by atoms with E-state index in [4.69, 9.17) is 0 Å². The highest BCUT2D eigenvalue weighted by molar-refractivity contribution is 5.86. The lowest BCUT2D eigenvalue weighted by Gasteiger charge is -2.24. The average Bonchev–Trinajstić information content (AvgIpc) is 2.84. The number of anilines is 1. The van der Waals surface area contributed by atoms with Crippen molar-refractivity contribution in [1.82, 2.24) is 24.7 Å². The Labute approximate surface area is 222 Å². The molecule has 4 rings (SSSR count). The number of aromatic nitrogens is 5. The predicted molar refractivity (Wildman–Crippen MR) is 127 cm³/mol. The molecule has 0 fully saturated rings. The minimum Gasteiger partial charge on any atom is -0.380 e. The maximum absolute atomic E-state index is 14.9. The second-order valence-corrected chi connectivity index (χ2v) is 9.05. The maximum atomic E-state index is 14.9. The third kappa shape index (κ3) is 6.49. The number of aromatic amines is 1. The molecule has 0 aliphatic carbocycles. The summed E-state index contributed by atoms with van der Waals surface area (Å²) in [6.07, 6.45) is -8.35. The van der Waals surface area contributed by atoms with Crippen LogP contribution in [0.5, 0.6) is 0 Å². The van der Waals surface area contributed by atoms with Crippen molar-refractivity contribution in [2.24, 2.45) is 0 Å². The maximum Gasteiger partial charge on any atom is 0.423 e. The second-order valence-electron chi connectivity index (χ2n) is 9.05. The van der Waals surface area contributed by atoms with Crippen molar-refractivity contribution in [2.75, 3.05) is 5.32 Å². The van der Waals surface area contributed by atoms with Gasteiger partial charge in [-0.25, -0.2) is 28.2 Å². The third-order valence-electron chi connectivity index (χ3n) is 5.83. The van der Waals surface area contributed by atoms with Gasteiger partial charge in [0.05, 0.1) is 34.9 Å². The van der Waals surface area contributed by atoms with Gasteiger partial charge in [0.25, 0.3) is 17.0 Å². The molecule has 3 heterocycles. The van der Waals surface area contributed by atoms with Crippen molar-refractivity contribution in [3.8, 4) is 11.4 Å². The number of fused-ring (bicyclic) bond motifs is 1. The molecule has 0 saturated heterocycles. The summed E-state index contributed by atoms with van der Waals surface area (Å²) in [6, 6.07) is 1.66. The Kier molecular flexibility index (Phi) is 7.57. The van der Waals surface area contributed by atoms with Crippen LogP contribution in [-0.2, 0) is 18.9 Å². The van der Waals surface area contributed by atoms with E-state index < -0.39 is 76.9 Å². The van der Waals surface area contributed by atoms with Gasteiger partial charge in [0.15, 0.2) is 5.82 Å². The predicted octanol–water partition coefficient (Wildman–Crippen LogP) is 5.24. The molecule has 0 saturated carbocycles. The number of H-pyrrole nitrogens is 1. The van der Waals surface area contributed by atoms with Gasteiger partial charge in [0, 0.05) is 31.1 Å². The quantitative estimate of drug-likeness (QED) is 0.285. The van der Waals surface area contributed by atoms with E-state index in [9.17, 15) is 49.1 Å². The smallest absolute Gasteiger partial charge is 0.380 e. The molecular weight excluding hydrogens is 575 g/mol. The lowest BCUT2D eigenvalue weighted by atomic mass is 10.1. The Morgan fingerprint density at radius 1 is 0.976 bits per heavy atom. The van der Waals surface area contributed by atoms with Crippen LogP contribution in [0.1, 0.15) is 24.5 Å². The fraction of sp³-hybridized carbons (Fsp3) is 0.292. The first kappa shape index (κ1) is 29.5. The van der Waals surface area contributed by atoms with Gasteiger partial charge in [0.2, 0.25) is 0 Å². The van der Waals surface area contributed by atoms with Crippen LogP contribution in [-0.4, -0.2) is 36.7 Å². The molecular formula is C24H17F9N6O2. The largest absolute Gasteiger partial charge is 0.423 e. The summed E-state index contributed by atoms with van der Waals surface area (Å²) in [5, 5.41) is 6.79. The Bertz CT molecular complexity index is 1700. The van der Waals surface area contributed by atoms with Gasteiger partial charge in [-0.2, -0.15) is 31.4 Å². The van der Waals surface area contributed by atoms with Crippen molar-refractivity contribution < 1.29 is 39.5 Å². The van der Waals surface area contributed by atoms with Crippen molar-refractivity contribution in [2.45, 2.75) is 44.2 Å². The monoisotopic (exact) mass is 592 g/mol. The van der Waals surface area contributed by atoms with E-state index in [1.165, 1.54) is 6.07 Å². The number of rotatable bonds is 7. The van der Waals surface area contributed by atoms with Crippen molar-refractivity contribution in [1.29, 1.82) is 0 Å². The molecule has 0 unspecified atom stereocenters. The van der Waals surface area contributed by atoms with E-state index >= 15 is 0 Å². The minimum absolute atomic E-state index is 0.0611. The van der Waals surface area contributed by atoms with Crippen LogP contribution in [0.15, 0.2) is 52.6 Å². The molecule has 0 amide bonds. The topological polar surface area (TPSA) is 106 Å². The molecule has 0 radical (unpaired) electrons. The standard InChI is InChI=1S/C24H17F9N6O2/c1-11(37-17-9-36-38-20(40)18(17)24(31,32)33)6-22(26,27)10-39-3-2-12-4-15(16(25)5-14(12)21(39)41)19-34-7-13(8-35-19)23(28,29)30/h2-5,7-9,11H,6,10H2,1H3,(H2,37,38,40)/t11-/m0/s1. The molecule has 1 atom stereocenters. The summed E-state index contributed by atoms with van der Waals surface area (Å²) >= 11 is 0. The van der Waals surface area contributed by atoms with E-state index in [-0.39, 0.29) is 16.3 Å². The molecule has 2 N–H and O–H groups in total. The number of benzene rings is 1. The minimum atomic E-state index is -5.09. The Hall–Kier alpha value is -4.44. The highest BCUT2D eigenvalue weighted by Gasteiger charge is 2.39. The first-order valence-electron chi connectivity index (χ1n) is 11.5. The first-order valence-corrected chi connectivity index (χ1v) is 11.5. The average molecular weight is 592 g/mol. The number of nitrogens with zero attached hydrogens (tertiary/aromatic N) is 4. The van der Waals surface area contributed by atoms with Crippen molar-refractivity contribution in [3.63, 3.8) is 0 Å². The summed E-state index contributed by atoms with van der Waals surface area (Å²) < 4.78 is 123. The van der Waals surface area contributed by atoms with Gasteiger partial charge in [-0.3, -0.25) is 9.59 Å². The van der Waals surface area contributed by atoms with Gasteiger partial charge in [-0.1, -0.05) is 0 Å². The first-order chi connectivity index (χ1) is 19.0. The molecule has 0 spiro atoms. The Morgan fingerprint density at radius 2 is 1.63 bits per heavy atom. The van der Waals surface area contributed by atoms with Crippen LogP contribution < -0.4 is 16.4 Å². The summed E-state index contributed by atoms with van der Waals surface area (Å²) in [6.45, 7) is -0.0857. The number of halogens is 9. The van der Waals surface area contributed by atoms with Crippen LogP contribution in [0.3, 0.4) is 0 Å². The lowest BCUT2D eigenvalue weighted by molar-refractivity contribution is -0.139. The van der Waals surface area contributed by atoms with Gasteiger partial charge in [-0.05, 0) is 30.5 Å². The number of nitrogens with one attached hydrogen (secondary N) is 2. The molecule has 4 aromatic rings. The van der Waals surface area contributed by atoms with Crippen molar-refractivity contribution in [3.05, 3.63) is 80.6 Å². The molecule has 0 bridgehead atoms. The fourth-order valence-corrected chi connectivity index (χ4v) is 4.08. The highest BCUT2D eigenvalue weighted by Crippen LogP contribution is 2.33. The normalized spacial score (nSPS) is 13.4. The third-order valence-corrected chi connectivity index (χ3v) is 5.83. The van der Waals surface area contributed by atoms with E-state index in [0.717, 1.165) is 19.2 Å². The van der Waals surface area contributed by atoms with E-state index in [1.807, 2.05) is 0 Å². The molecule has 218 valence electrons.